The van der Waals surface area contributed by atoms with Crippen LogP contribution in [0.1, 0.15) is 52.4 Å². The fourth-order valence-corrected chi connectivity index (χ4v) is 3.04. The molecule has 0 N–H and O–H groups in total. The van der Waals surface area contributed by atoms with Crippen LogP contribution in [0.5, 0.6) is 5.75 Å². The van der Waals surface area contributed by atoms with Crippen molar-refractivity contribution < 1.29 is 19.1 Å². The number of hydrogen-bond acceptors (Lipinski definition) is 4. The lowest BCUT2D eigenvalue weighted by atomic mass is 10.1. The summed E-state index contributed by atoms with van der Waals surface area (Å²) in [5.74, 6) is -0.983. The average Bonchev–Trinajstić information content (AvgIpc) is 2.49. The molecule has 0 saturated carbocycles. The van der Waals surface area contributed by atoms with Gasteiger partial charge in [-0.15, -0.1) is 0 Å². The lowest BCUT2D eigenvalue weighted by Gasteiger charge is -2.16. The van der Waals surface area contributed by atoms with E-state index in [-0.39, 0.29) is 34.7 Å². The third-order valence-corrected chi connectivity index (χ3v) is 4.01. The fraction of sp³-hybridized carbons (Fsp3) is 0.529. The standard InChI is InChI=1S/C17H21Cl3O4/c1-3-5-12(6-4-2)23-15(21)7-8-16(22)24-17-13(19)9-11(18)10-14(17)20/h9-10,12H,3-8H2,1-2H3. The zero-order valence-electron chi connectivity index (χ0n) is 13.7. The first-order valence-electron chi connectivity index (χ1n) is 7.92. The Balaban J connectivity index is 2.50. The van der Waals surface area contributed by atoms with E-state index < -0.39 is 11.9 Å². The predicted molar refractivity (Wildman–Crippen MR) is 96.0 cm³/mol. The van der Waals surface area contributed by atoms with Gasteiger partial charge in [-0.1, -0.05) is 61.5 Å². The first kappa shape index (κ1) is 21.1. The van der Waals surface area contributed by atoms with Crippen LogP contribution in [0.4, 0.5) is 0 Å². The summed E-state index contributed by atoms with van der Waals surface area (Å²) in [5.41, 5.74) is 0. The van der Waals surface area contributed by atoms with Crippen LogP contribution < -0.4 is 4.74 Å². The van der Waals surface area contributed by atoms with Crippen molar-refractivity contribution in [1.29, 1.82) is 0 Å². The molecule has 0 spiro atoms. The highest BCUT2D eigenvalue weighted by molar-refractivity contribution is 6.40. The van der Waals surface area contributed by atoms with Gasteiger partial charge in [0.05, 0.1) is 22.9 Å². The van der Waals surface area contributed by atoms with E-state index in [2.05, 4.69) is 0 Å². The summed E-state index contributed by atoms with van der Waals surface area (Å²) in [7, 11) is 0. The van der Waals surface area contributed by atoms with E-state index >= 15 is 0 Å². The molecule has 0 bridgehead atoms. The van der Waals surface area contributed by atoms with Crippen LogP contribution in [-0.4, -0.2) is 18.0 Å². The Morgan fingerprint density at radius 3 is 1.96 bits per heavy atom. The van der Waals surface area contributed by atoms with E-state index in [0.29, 0.717) is 5.02 Å². The van der Waals surface area contributed by atoms with E-state index in [1.54, 1.807) is 0 Å². The number of benzene rings is 1. The van der Waals surface area contributed by atoms with Gasteiger partial charge in [0.2, 0.25) is 0 Å². The molecule has 0 atom stereocenters. The molecule has 0 aliphatic heterocycles. The summed E-state index contributed by atoms with van der Waals surface area (Å²) in [6, 6.07) is 2.85. The molecule has 0 radical (unpaired) electrons. The van der Waals surface area contributed by atoms with Crippen LogP contribution in [0.2, 0.25) is 15.1 Å². The molecule has 24 heavy (non-hydrogen) atoms. The molecule has 0 unspecified atom stereocenters. The van der Waals surface area contributed by atoms with Gasteiger partial charge in [-0.25, -0.2) is 0 Å². The Morgan fingerprint density at radius 1 is 0.958 bits per heavy atom. The second-order valence-corrected chi connectivity index (χ2v) is 6.61. The molecule has 0 amide bonds. The molecule has 1 aromatic carbocycles. The molecule has 1 aromatic rings. The van der Waals surface area contributed by atoms with Gasteiger partial charge in [-0.3, -0.25) is 9.59 Å². The van der Waals surface area contributed by atoms with Crippen LogP contribution >= 0.6 is 34.8 Å². The van der Waals surface area contributed by atoms with Crippen molar-refractivity contribution in [3.8, 4) is 5.75 Å². The highest BCUT2D eigenvalue weighted by Crippen LogP contribution is 2.36. The number of hydrogen-bond donors (Lipinski definition) is 0. The molecule has 0 saturated heterocycles. The van der Waals surface area contributed by atoms with Crippen molar-refractivity contribution in [1.82, 2.24) is 0 Å². The molecule has 0 aromatic heterocycles. The first-order valence-corrected chi connectivity index (χ1v) is 9.05. The Labute approximate surface area is 157 Å². The monoisotopic (exact) mass is 394 g/mol. The molecular weight excluding hydrogens is 375 g/mol. The lowest BCUT2D eigenvalue weighted by molar-refractivity contribution is -0.152. The van der Waals surface area contributed by atoms with Gasteiger partial charge in [-0.05, 0) is 25.0 Å². The summed E-state index contributed by atoms with van der Waals surface area (Å²) in [5, 5.41) is 0.607. The molecule has 1 rings (SSSR count). The van der Waals surface area contributed by atoms with Crippen molar-refractivity contribution in [2.24, 2.45) is 0 Å². The van der Waals surface area contributed by atoms with Crippen molar-refractivity contribution in [2.45, 2.75) is 58.5 Å². The maximum Gasteiger partial charge on any atom is 0.311 e. The second kappa shape index (κ2) is 10.8. The zero-order valence-corrected chi connectivity index (χ0v) is 16.0. The predicted octanol–water partition coefficient (Wildman–Crippen LogP) is 5.84. The number of esters is 2. The lowest BCUT2D eigenvalue weighted by Crippen LogP contribution is -2.19. The highest BCUT2D eigenvalue weighted by Gasteiger charge is 2.17. The largest absolute Gasteiger partial charge is 0.462 e. The SMILES string of the molecule is CCCC(CCC)OC(=O)CCC(=O)Oc1c(Cl)cc(Cl)cc1Cl. The maximum atomic E-state index is 11.9. The summed E-state index contributed by atoms with van der Waals surface area (Å²) >= 11 is 17.7. The Hall–Kier alpha value is -0.970. The minimum absolute atomic E-state index is 0.0379. The smallest absolute Gasteiger partial charge is 0.311 e. The van der Waals surface area contributed by atoms with Gasteiger partial charge >= 0.3 is 11.9 Å². The van der Waals surface area contributed by atoms with E-state index in [4.69, 9.17) is 44.3 Å². The van der Waals surface area contributed by atoms with Crippen LogP contribution in [0.25, 0.3) is 0 Å². The summed E-state index contributed by atoms with van der Waals surface area (Å²) in [4.78, 5) is 23.7. The Bertz CT molecular complexity index is 546. The maximum absolute atomic E-state index is 11.9. The third-order valence-electron chi connectivity index (χ3n) is 3.23. The van der Waals surface area contributed by atoms with Gasteiger partial charge in [-0.2, -0.15) is 0 Å². The van der Waals surface area contributed by atoms with E-state index in [0.717, 1.165) is 25.7 Å². The minimum atomic E-state index is -0.611. The summed E-state index contributed by atoms with van der Waals surface area (Å²) in [6.07, 6.45) is 3.26. The fourth-order valence-electron chi connectivity index (χ4n) is 2.15. The first-order chi connectivity index (χ1) is 11.4. The number of rotatable bonds is 9. The van der Waals surface area contributed by atoms with Gasteiger partial charge in [0.1, 0.15) is 6.10 Å². The van der Waals surface area contributed by atoms with Gasteiger partial charge in [0.25, 0.3) is 0 Å². The highest BCUT2D eigenvalue weighted by atomic mass is 35.5. The molecule has 7 heteroatoms. The van der Waals surface area contributed by atoms with E-state index in [1.807, 2.05) is 13.8 Å². The van der Waals surface area contributed by atoms with Crippen molar-refractivity contribution in [2.75, 3.05) is 0 Å². The van der Waals surface area contributed by atoms with Crippen molar-refractivity contribution in [3.05, 3.63) is 27.2 Å². The van der Waals surface area contributed by atoms with E-state index in [1.165, 1.54) is 12.1 Å². The van der Waals surface area contributed by atoms with Crippen LogP contribution in [-0.2, 0) is 14.3 Å². The quantitative estimate of drug-likeness (QED) is 0.389. The van der Waals surface area contributed by atoms with Crippen molar-refractivity contribution >= 4 is 46.7 Å². The molecular formula is C17H21Cl3O4. The molecule has 4 nitrogen and oxygen atoms in total. The molecule has 0 aliphatic carbocycles. The number of ether oxygens (including phenoxy) is 2. The molecule has 0 fully saturated rings. The average molecular weight is 396 g/mol. The zero-order chi connectivity index (χ0) is 18.1. The minimum Gasteiger partial charge on any atom is -0.462 e. The molecule has 0 heterocycles. The number of halogens is 3. The van der Waals surface area contributed by atoms with E-state index in [9.17, 15) is 9.59 Å². The topological polar surface area (TPSA) is 52.6 Å². The summed E-state index contributed by atoms with van der Waals surface area (Å²) < 4.78 is 10.5. The number of carbonyl (C=O) groups is 2. The summed E-state index contributed by atoms with van der Waals surface area (Å²) in [6.45, 7) is 4.07. The normalized spacial score (nSPS) is 10.8. The Kier molecular flexibility index (Phi) is 9.49. The Morgan fingerprint density at radius 2 is 1.46 bits per heavy atom. The molecule has 0 aliphatic rings. The molecule has 134 valence electrons. The van der Waals surface area contributed by atoms with Crippen LogP contribution in [0.15, 0.2) is 12.1 Å². The third kappa shape index (κ3) is 7.29. The number of carbonyl (C=O) groups excluding carboxylic acids is 2. The van der Waals surface area contributed by atoms with Crippen LogP contribution in [0, 0.1) is 0 Å². The van der Waals surface area contributed by atoms with Crippen LogP contribution in [0.3, 0.4) is 0 Å². The second-order valence-electron chi connectivity index (χ2n) is 5.36. The van der Waals surface area contributed by atoms with Gasteiger partial charge in [0, 0.05) is 5.02 Å². The van der Waals surface area contributed by atoms with Gasteiger partial charge < -0.3 is 9.47 Å². The van der Waals surface area contributed by atoms with Crippen molar-refractivity contribution in [3.63, 3.8) is 0 Å². The van der Waals surface area contributed by atoms with Gasteiger partial charge in [0.15, 0.2) is 5.75 Å².